The maximum atomic E-state index is 13.0. The zero-order valence-electron chi connectivity index (χ0n) is 10.0. The SMILES string of the molecule is CN(C)c1ccnc(N2CCC(F)(F)CC2)n1. The van der Waals surface area contributed by atoms with Crippen molar-refractivity contribution in [3.8, 4) is 0 Å². The minimum absolute atomic E-state index is 0.122. The molecule has 0 aliphatic carbocycles. The van der Waals surface area contributed by atoms with Crippen LogP contribution >= 0.6 is 0 Å². The van der Waals surface area contributed by atoms with Gasteiger partial charge in [0.25, 0.3) is 5.92 Å². The second-order valence-corrected chi connectivity index (χ2v) is 4.45. The Balaban J connectivity index is 2.10. The van der Waals surface area contributed by atoms with Crippen molar-refractivity contribution in [1.29, 1.82) is 0 Å². The highest BCUT2D eigenvalue weighted by Gasteiger charge is 2.34. The predicted octanol–water partition coefficient (Wildman–Crippen LogP) is 1.78. The van der Waals surface area contributed by atoms with E-state index in [0.29, 0.717) is 19.0 Å². The summed E-state index contributed by atoms with van der Waals surface area (Å²) in [5.41, 5.74) is 0. The molecular formula is C11H16F2N4. The van der Waals surface area contributed by atoms with Crippen molar-refractivity contribution >= 4 is 11.8 Å². The maximum absolute atomic E-state index is 13.0. The van der Waals surface area contributed by atoms with Crippen LogP contribution in [0.3, 0.4) is 0 Å². The predicted molar refractivity (Wildman–Crippen MR) is 62.8 cm³/mol. The molecule has 0 N–H and O–H groups in total. The molecule has 0 radical (unpaired) electrons. The van der Waals surface area contributed by atoms with E-state index >= 15 is 0 Å². The van der Waals surface area contributed by atoms with Crippen LogP contribution in [0.5, 0.6) is 0 Å². The van der Waals surface area contributed by atoms with E-state index in [0.717, 1.165) is 5.82 Å². The molecule has 0 spiro atoms. The van der Waals surface area contributed by atoms with Crippen LogP contribution in [0.25, 0.3) is 0 Å². The summed E-state index contributed by atoms with van der Waals surface area (Å²) < 4.78 is 26.1. The average Bonchev–Trinajstić information content (AvgIpc) is 2.29. The van der Waals surface area contributed by atoms with Crippen LogP contribution in [-0.2, 0) is 0 Å². The number of nitrogens with zero attached hydrogens (tertiary/aromatic N) is 4. The van der Waals surface area contributed by atoms with Gasteiger partial charge in [0, 0.05) is 46.2 Å². The standard InChI is InChI=1S/C11H16F2N4/c1-16(2)9-3-6-14-10(15-9)17-7-4-11(12,13)5-8-17/h3,6H,4-5,7-8H2,1-2H3. The van der Waals surface area contributed by atoms with E-state index in [-0.39, 0.29) is 12.8 Å². The molecule has 1 fully saturated rings. The largest absolute Gasteiger partial charge is 0.363 e. The van der Waals surface area contributed by atoms with Gasteiger partial charge in [-0.1, -0.05) is 0 Å². The van der Waals surface area contributed by atoms with Crippen LogP contribution in [0.1, 0.15) is 12.8 Å². The molecule has 4 nitrogen and oxygen atoms in total. The fourth-order valence-electron chi connectivity index (χ4n) is 1.77. The lowest BCUT2D eigenvalue weighted by atomic mass is 10.1. The number of alkyl halides is 2. The Morgan fingerprint density at radius 2 is 1.94 bits per heavy atom. The lowest BCUT2D eigenvalue weighted by molar-refractivity contribution is -0.0222. The molecule has 1 aliphatic rings. The van der Waals surface area contributed by atoms with Crippen LogP contribution in [0.2, 0.25) is 0 Å². The molecule has 17 heavy (non-hydrogen) atoms. The van der Waals surface area contributed by atoms with E-state index in [2.05, 4.69) is 9.97 Å². The molecule has 94 valence electrons. The number of aromatic nitrogens is 2. The molecule has 0 saturated carbocycles. The highest BCUT2D eigenvalue weighted by molar-refractivity contribution is 5.42. The Morgan fingerprint density at radius 1 is 1.29 bits per heavy atom. The molecule has 1 saturated heterocycles. The molecule has 2 heterocycles. The molecule has 0 atom stereocenters. The smallest absolute Gasteiger partial charge is 0.251 e. The third-order valence-electron chi connectivity index (χ3n) is 2.86. The summed E-state index contributed by atoms with van der Waals surface area (Å²) in [7, 11) is 3.77. The molecule has 1 aromatic rings. The number of hydrogen-bond donors (Lipinski definition) is 0. The van der Waals surface area contributed by atoms with Gasteiger partial charge in [0.15, 0.2) is 0 Å². The van der Waals surface area contributed by atoms with Crippen molar-refractivity contribution in [2.75, 3.05) is 37.0 Å². The average molecular weight is 242 g/mol. The zero-order valence-corrected chi connectivity index (χ0v) is 10.0. The van der Waals surface area contributed by atoms with Crippen molar-refractivity contribution in [2.24, 2.45) is 0 Å². The summed E-state index contributed by atoms with van der Waals surface area (Å²) in [5, 5.41) is 0. The van der Waals surface area contributed by atoms with Crippen LogP contribution in [0, 0.1) is 0 Å². The summed E-state index contributed by atoms with van der Waals surface area (Å²) >= 11 is 0. The molecular weight excluding hydrogens is 226 g/mol. The first-order valence-corrected chi connectivity index (χ1v) is 5.61. The number of piperidine rings is 1. The Kier molecular flexibility index (Phi) is 3.13. The summed E-state index contributed by atoms with van der Waals surface area (Å²) in [4.78, 5) is 12.2. The molecule has 1 aromatic heterocycles. The highest BCUT2D eigenvalue weighted by Crippen LogP contribution is 2.29. The quantitative estimate of drug-likeness (QED) is 0.791. The van der Waals surface area contributed by atoms with E-state index in [1.54, 1.807) is 12.3 Å². The third-order valence-corrected chi connectivity index (χ3v) is 2.86. The van der Waals surface area contributed by atoms with Crippen molar-refractivity contribution in [3.63, 3.8) is 0 Å². The second-order valence-electron chi connectivity index (χ2n) is 4.45. The van der Waals surface area contributed by atoms with Gasteiger partial charge in [0.2, 0.25) is 5.95 Å². The molecule has 6 heteroatoms. The van der Waals surface area contributed by atoms with Crippen LogP contribution in [-0.4, -0.2) is 43.1 Å². The fourth-order valence-corrected chi connectivity index (χ4v) is 1.77. The Morgan fingerprint density at radius 3 is 2.53 bits per heavy atom. The number of hydrogen-bond acceptors (Lipinski definition) is 4. The van der Waals surface area contributed by atoms with Gasteiger partial charge in [0.05, 0.1) is 0 Å². The van der Waals surface area contributed by atoms with Gasteiger partial charge in [-0.3, -0.25) is 0 Å². The summed E-state index contributed by atoms with van der Waals surface area (Å²) in [5.74, 6) is -1.21. The van der Waals surface area contributed by atoms with Crippen LogP contribution in [0.15, 0.2) is 12.3 Å². The molecule has 1 aliphatic heterocycles. The number of halogens is 2. The maximum Gasteiger partial charge on any atom is 0.251 e. The van der Waals surface area contributed by atoms with Gasteiger partial charge in [-0.15, -0.1) is 0 Å². The first-order chi connectivity index (χ1) is 7.98. The monoisotopic (exact) mass is 242 g/mol. The third kappa shape index (κ3) is 2.81. The molecule has 0 aromatic carbocycles. The van der Waals surface area contributed by atoms with Gasteiger partial charge in [-0.05, 0) is 6.07 Å². The van der Waals surface area contributed by atoms with Crippen molar-refractivity contribution < 1.29 is 8.78 Å². The highest BCUT2D eigenvalue weighted by atomic mass is 19.3. The molecule has 0 amide bonds. The first-order valence-electron chi connectivity index (χ1n) is 5.61. The fraction of sp³-hybridized carbons (Fsp3) is 0.636. The van der Waals surface area contributed by atoms with Gasteiger partial charge in [0.1, 0.15) is 5.82 Å². The number of rotatable bonds is 2. The van der Waals surface area contributed by atoms with Crippen LogP contribution < -0.4 is 9.80 Å². The number of anilines is 2. The Hall–Kier alpha value is -1.46. The molecule has 0 bridgehead atoms. The zero-order chi connectivity index (χ0) is 12.5. The molecule has 0 unspecified atom stereocenters. The van der Waals surface area contributed by atoms with E-state index in [1.165, 1.54) is 0 Å². The van der Waals surface area contributed by atoms with E-state index < -0.39 is 5.92 Å². The lowest BCUT2D eigenvalue weighted by Gasteiger charge is -2.31. The summed E-state index contributed by atoms with van der Waals surface area (Å²) in [6, 6.07) is 1.79. The second kappa shape index (κ2) is 4.43. The normalized spacial score (nSPS) is 19.2. The summed E-state index contributed by atoms with van der Waals surface area (Å²) in [6.45, 7) is 0.619. The van der Waals surface area contributed by atoms with Gasteiger partial charge < -0.3 is 9.80 Å². The first kappa shape index (κ1) is 12.0. The van der Waals surface area contributed by atoms with Crippen molar-refractivity contribution in [3.05, 3.63) is 12.3 Å². The van der Waals surface area contributed by atoms with Crippen molar-refractivity contribution in [2.45, 2.75) is 18.8 Å². The van der Waals surface area contributed by atoms with E-state index in [9.17, 15) is 8.78 Å². The Labute approximate surface area is 99.3 Å². The van der Waals surface area contributed by atoms with Crippen LogP contribution in [0.4, 0.5) is 20.5 Å². The lowest BCUT2D eigenvalue weighted by Crippen LogP contribution is -2.40. The van der Waals surface area contributed by atoms with Gasteiger partial charge in [-0.2, -0.15) is 4.98 Å². The van der Waals surface area contributed by atoms with E-state index in [1.807, 2.05) is 23.9 Å². The molecule has 2 rings (SSSR count). The van der Waals surface area contributed by atoms with Gasteiger partial charge in [-0.25, -0.2) is 13.8 Å². The topological polar surface area (TPSA) is 32.3 Å². The van der Waals surface area contributed by atoms with Crippen molar-refractivity contribution in [1.82, 2.24) is 9.97 Å². The summed E-state index contributed by atoms with van der Waals surface area (Å²) in [6.07, 6.45) is 1.41. The van der Waals surface area contributed by atoms with Gasteiger partial charge >= 0.3 is 0 Å². The Bertz CT molecular complexity index is 385. The minimum Gasteiger partial charge on any atom is -0.363 e. The van der Waals surface area contributed by atoms with E-state index in [4.69, 9.17) is 0 Å². The minimum atomic E-state index is -2.53.